The summed E-state index contributed by atoms with van der Waals surface area (Å²) in [4.78, 5) is 25.6. The number of rotatable bonds is 10. The molecule has 0 atom stereocenters. The molecule has 0 bridgehead atoms. The van der Waals surface area contributed by atoms with Crippen LogP contribution in [0.15, 0.2) is 83.9 Å². The number of benzene rings is 2. The number of hydrogen-bond donors (Lipinski definition) is 1. The fraction of sp³-hybridized carbons (Fsp3) is 0.154. The van der Waals surface area contributed by atoms with E-state index in [1.165, 1.54) is 23.1 Å². The van der Waals surface area contributed by atoms with Gasteiger partial charge in [0.05, 0.1) is 12.4 Å². The zero-order valence-corrected chi connectivity index (χ0v) is 20.8. The van der Waals surface area contributed by atoms with Gasteiger partial charge in [0.1, 0.15) is 10.6 Å². The normalized spacial score (nSPS) is 10.7. The summed E-state index contributed by atoms with van der Waals surface area (Å²) in [6, 6.07) is 19.3. The van der Waals surface area contributed by atoms with Crippen molar-refractivity contribution in [1.82, 2.24) is 14.8 Å². The number of thioether (sulfide) groups is 1. The highest BCUT2D eigenvalue weighted by Crippen LogP contribution is 2.36. The third-order valence-electron chi connectivity index (χ3n) is 5.00. The van der Waals surface area contributed by atoms with Gasteiger partial charge in [-0.25, -0.2) is 4.79 Å². The average molecular weight is 505 g/mol. The molecule has 0 spiro atoms. The molecule has 9 heteroatoms. The zero-order chi connectivity index (χ0) is 24.6. The summed E-state index contributed by atoms with van der Waals surface area (Å²) >= 11 is 2.57. The number of ether oxygens (including phenoxy) is 1. The van der Waals surface area contributed by atoms with Crippen LogP contribution in [0.3, 0.4) is 0 Å². The molecule has 0 aliphatic heterocycles. The Labute approximate surface area is 211 Å². The molecule has 0 unspecified atom stereocenters. The van der Waals surface area contributed by atoms with Gasteiger partial charge in [0.2, 0.25) is 5.91 Å². The van der Waals surface area contributed by atoms with E-state index in [1.54, 1.807) is 13.0 Å². The van der Waals surface area contributed by atoms with Gasteiger partial charge >= 0.3 is 5.97 Å². The molecule has 1 N–H and O–H groups in total. The molecule has 1 amide bonds. The van der Waals surface area contributed by atoms with E-state index in [1.807, 2.05) is 70.6 Å². The predicted molar refractivity (Wildman–Crippen MR) is 141 cm³/mol. The fourth-order valence-electron chi connectivity index (χ4n) is 3.47. The molecule has 0 aliphatic carbocycles. The van der Waals surface area contributed by atoms with Gasteiger partial charge in [0.15, 0.2) is 11.0 Å². The first-order valence-electron chi connectivity index (χ1n) is 11.0. The second kappa shape index (κ2) is 11.6. The Morgan fingerprint density at radius 1 is 1.09 bits per heavy atom. The van der Waals surface area contributed by atoms with Gasteiger partial charge in [0.25, 0.3) is 0 Å². The SMILES string of the molecule is C=CCn1c(SCC(=O)Nc2scc(-c3ccccc3)c2C(=O)OCC)nnc1-c1ccccc1. The number of aromatic nitrogens is 3. The molecule has 178 valence electrons. The van der Waals surface area contributed by atoms with Crippen LogP contribution in [0.1, 0.15) is 17.3 Å². The smallest absolute Gasteiger partial charge is 0.341 e. The van der Waals surface area contributed by atoms with Crippen molar-refractivity contribution >= 4 is 40.0 Å². The minimum atomic E-state index is -0.464. The summed E-state index contributed by atoms with van der Waals surface area (Å²) < 4.78 is 7.19. The number of hydrogen-bond acceptors (Lipinski definition) is 7. The number of carbonyl (C=O) groups is 2. The van der Waals surface area contributed by atoms with E-state index >= 15 is 0 Å². The lowest BCUT2D eigenvalue weighted by Gasteiger charge is -2.09. The number of thiophene rings is 1. The minimum absolute atomic E-state index is 0.102. The van der Waals surface area contributed by atoms with Gasteiger partial charge in [-0.15, -0.1) is 28.1 Å². The predicted octanol–water partition coefficient (Wildman–Crippen LogP) is 5.77. The van der Waals surface area contributed by atoms with Crippen LogP contribution in [0.25, 0.3) is 22.5 Å². The van der Waals surface area contributed by atoms with Crippen molar-refractivity contribution in [3.8, 4) is 22.5 Å². The van der Waals surface area contributed by atoms with E-state index in [2.05, 4.69) is 22.1 Å². The zero-order valence-electron chi connectivity index (χ0n) is 19.1. The molecular weight excluding hydrogens is 480 g/mol. The second-order valence-electron chi connectivity index (χ2n) is 7.35. The maximum Gasteiger partial charge on any atom is 0.341 e. The van der Waals surface area contributed by atoms with E-state index in [-0.39, 0.29) is 18.3 Å². The van der Waals surface area contributed by atoms with Crippen LogP contribution < -0.4 is 5.32 Å². The molecule has 7 nitrogen and oxygen atoms in total. The van der Waals surface area contributed by atoms with E-state index in [0.29, 0.717) is 28.1 Å². The van der Waals surface area contributed by atoms with E-state index in [0.717, 1.165) is 16.7 Å². The van der Waals surface area contributed by atoms with Crippen molar-refractivity contribution in [2.75, 3.05) is 17.7 Å². The van der Waals surface area contributed by atoms with Crippen LogP contribution in [0.2, 0.25) is 0 Å². The van der Waals surface area contributed by atoms with Crippen LogP contribution in [-0.4, -0.2) is 39.0 Å². The highest BCUT2D eigenvalue weighted by molar-refractivity contribution is 7.99. The van der Waals surface area contributed by atoms with Crippen molar-refractivity contribution in [3.63, 3.8) is 0 Å². The van der Waals surface area contributed by atoms with Gasteiger partial charge < -0.3 is 10.1 Å². The molecule has 0 saturated carbocycles. The van der Waals surface area contributed by atoms with E-state index in [9.17, 15) is 9.59 Å². The molecule has 2 aromatic carbocycles. The average Bonchev–Trinajstić information content (AvgIpc) is 3.48. The summed E-state index contributed by atoms with van der Waals surface area (Å²) in [7, 11) is 0. The highest BCUT2D eigenvalue weighted by Gasteiger charge is 2.23. The molecule has 0 fully saturated rings. The fourth-order valence-corrected chi connectivity index (χ4v) is 5.19. The maximum absolute atomic E-state index is 12.9. The number of carbonyl (C=O) groups excluding carboxylic acids is 2. The molecule has 2 aromatic heterocycles. The van der Waals surface area contributed by atoms with Gasteiger partial charge in [-0.3, -0.25) is 9.36 Å². The van der Waals surface area contributed by atoms with Crippen molar-refractivity contribution in [2.45, 2.75) is 18.6 Å². The lowest BCUT2D eigenvalue weighted by Crippen LogP contribution is -2.17. The first-order valence-corrected chi connectivity index (χ1v) is 12.8. The minimum Gasteiger partial charge on any atom is -0.462 e. The Kier molecular flexibility index (Phi) is 8.12. The second-order valence-corrected chi connectivity index (χ2v) is 9.17. The topological polar surface area (TPSA) is 86.1 Å². The van der Waals surface area contributed by atoms with Gasteiger partial charge in [0, 0.05) is 23.1 Å². The third kappa shape index (κ3) is 5.70. The first-order chi connectivity index (χ1) is 17.1. The maximum atomic E-state index is 12.9. The summed E-state index contributed by atoms with van der Waals surface area (Å²) in [5, 5.41) is 14.4. The molecule has 2 heterocycles. The Morgan fingerprint density at radius 3 is 2.43 bits per heavy atom. The largest absolute Gasteiger partial charge is 0.462 e. The Bertz CT molecular complexity index is 1320. The molecule has 4 aromatic rings. The number of nitrogens with zero attached hydrogens (tertiary/aromatic N) is 3. The number of allylic oxidation sites excluding steroid dienone is 1. The standard InChI is InChI=1S/C26H24N4O3S2/c1-3-15-30-23(19-13-9-6-10-14-19)28-29-26(30)35-17-21(31)27-24-22(25(32)33-4-2)20(16-34-24)18-11-7-5-8-12-18/h3,5-14,16H,1,4,15,17H2,2H3,(H,27,31). The first kappa shape index (κ1) is 24.4. The van der Waals surface area contributed by atoms with Gasteiger partial charge in [-0.2, -0.15) is 0 Å². The van der Waals surface area contributed by atoms with E-state index < -0.39 is 5.97 Å². The molecule has 4 rings (SSSR count). The lowest BCUT2D eigenvalue weighted by molar-refractivity contribution is -0.113. The third-order valence-corrected chi connectivity index (χ3v) is 6.86. The number of nitrogens with one attached hydrogen (secondary N) is 1. The number of esters is 1. The van der Waals surface area contributed by atoms with Gasteiger partial charge in [-0.1, -0.05) is 78.5 Å². The number of anilines is 1. The monoisotopic (exact) mass is 504 g/mol. The summed E-state index contributed by atoms with van der Waals surface area (Å²) in [6.45, 7) is 6.34. The van der Waals surface area contributed by atoms with Gasteiger partial charge in [-0.05, 0) is 12.5 Å². The van der Waals surface area contributed by atoms with Crippen LogP contribution in [0, 0.1) is 0 Å². The molecule has 35 heavy (non-hydrogen) atoms. The highest BCUT2D eigenvalue weighted by atomic mass is 32.2. The van der Waals surface area contributed by atoms with Crippen molar-refractivity contribution in [2.24, 2.45) is 0 Å². The summed E-state index contributed by atoms with van der Waals surface area (Å²) in [6.07, 6.45) is 1.77. The van der Waals surface area contributed by atoms with E-state index in [4.69, 9.17) is 4.74 Å². The summed E-state index contributed by atoms with van der Waals surface area (Å²) in [5.74, 6) is 0.0965. The van der Waals surface area contributed by atoms with Crippen LogP contribution in [0.5, 0.6) is 0 Å². The lowest BCUT2D eigenvalue weighted by atomic mass is 10.0. The van der Waals surface area contributed by atoms with Crippen molar-refractivity contribution in [1.29, 1.82) is 0 Å². The Hall–Kier alpha value is -3.69. The quantitative estimate of drug-likeness (QED) is 0.168. The Balaban J connectivity index is 1.52. The Morgan fingerprint density at radius 2 is 1.77 bits per heavy atom. The number of amides is 1. The summed E-state index contributed by atoms with van der Waals surface area (Å²) in [5.41, 5.74) is 2.91. The van der Waals surface area contributed by atoms with Crippen LogP contribution in [0.4, 0.5) is 5.00 Å². The van der Waals surface area contributed by atoms with Crippen molar-refractivity contribution < 1.29 is 14.3 Å². The van der Waals surface area contributed by atoms with Crippen molar-refractivity contribution in [3.05, 3.63) is 84.3 Å². The molecule has 0 radical (unpaired) electrons. The molecular formula is C26H24N4O3S2. The van der Waals surface area contributed by atoms with Crippen LogP contribution >= 0.6 is 23.1 Å². The molecule has 0 aliphatic rings. The molecule has 0 saturated heterocycles. The van der Waals surface area contributed by atoms with Crippen LogP contribution in [-0.2, 0) is 16.1 Å².